The van der Waals surface area contributed by atoms with Crippen LogP contribution in [0.2, 0.25) is 0 Å². The summed E-state index contributed by atoms with van der Waals surface area (Å²) in [6, 6.07) is 3.13. The Morgan fingerprint density at radius 3 is 1.46 bits per heavy atom. The minimum absolute atomic E-state index is 0.0248. The van der Waals surface area contributed by atoms with Gasteiger partial charge in [-0.05, 0) is 120 Å². The molecule has 2 heterocycles. The topological polar surface area (TPSA) is 717 Å². The normalized spacial score (nSPS) is 23.2. The number of hydrogen-bond donors (Lipinski definition) is 22. The number of aliphatic hydroxyl groups is 1. The molecule has 1 aromatic heterocycles. The second-order valence-electron chi connectivity index (χ2n) is 38.6. The van der Waals surface area contributed by atoms with Crippen molar-refractivity contribution >= 4 is 136 Å². The van der Waals surface area contributed by atoms with Crippen LogP contribution in [-0.4, -0.2) is 295 Å². The van der Waals surface area contributed by atoms with E-state index in [9.17, 15) is 87.9 Å². The molecule has 2 unspecified atom stereocenters. The number of aliphatic hydroxyl groups excluding tert-OH is 1. The van der Waals surface area contributed by atoms with Gasteiger partial charge in [-0.2, -0.15) is 0 Å². The van der Waals surface area contributed by atoms with E-state index in [-0.39, 0.29) is 49.3 Å². The molecule has 0 spiro atoms. The van der Waals surface area contributed by atoms with Crippen LogP contribution >= 0.6 is 11.8 Å². The number of ether oxygens (including phenoxy) is 1. The maximum atomic E-state index is 15.5. The molecule has 17 amide bonds. The lowest BCUT2D eigenvalue weighted by atomic mass is 9.84. The Morgan fingerprint density at radius 2 is 0.953 bits per heavy atom. The van der Waals surface area contributed by atoms with Crippen LogP contribution in [0.3, 0.4) is 0 Å². The summed E-state index contributed by atoms with van der Waals surface area (Å²) in [6.07, 6.45) is 0.776. The SMILES string of the molecule is CCC(C)[C@@H]1NC(=O)[C@H](Cc2ccc(-c3ccccc3)cc2)NC(=O)[C@H](C(C)C)NC(=O)[C@H](Cc2cccc(C)c2)NC(=O)[C@H](CC(=O)O)NC(=O)[C@H](Cc2ccc(OCC(=O)O)cc2)NC(=O)[C@H](Cc2ccncc2)NC(=O)CSCC(C(=O)N[C@@H](CCC(=O)O)C(=O)N[C@@H](CN)C(=O)O)NC(=O)[C@H](CO)NC(=O)[C@H](C(C)C)NC(=O)[C@H](CC2CCCCC2)NC(=O)[C@H](CC(N)=O)NC(=O)[C@@H](CC(C)C)NC(=O)[C@H](C)N(C)C1=O. The Balaban J connectivity index is 1.37. The molecule has 1 aliphatic heterocycles. The number of carboxylic acids is 4. The van der Waals surface area contributed by atoms with Gasteiger partial charge in [0.05, 0.1) is 25.2 Å². The summed E-state index contributed by atoms with van der Waals surface area (Å²) in [5, 5.41) is 88.5. The number of carbonyl (C=O) groups excluding carboxylic acids is 17. The Bertz CT molecular complexity index is 5530. The summed E-state index contributed by atoms with van der Waals surface area (Å²) in [5.41, 5.74) is 15.1. The zero-order valence-corrected chi connectivity index (χ0v) is 86.6. The van der Waals surface area contributed by atoms with Crippen molar-refractivity contribution in [3.63, 3.8) is 0 Å². The van der Waals surface area contributed by atoms with Crippen LogP contribution in [0.5, 0.6) is 5.75 Å². The standard InChI is InChI=1S/C103H141N19O27S/c1-12-58(9)87-102(146)122(11)59(10)88(132)109-69(40-54(2)3)90(134)113-75(47-80(105)124)93(137)111-72(42-60-21-15-13-16-22-60)95(139)120-86(56(6)7)101(145)117-78(50-123)98(142)118-79(99(143)108-68(34-35-82(126)127)89(133)116-77(49-104)103(147)148)52-150-53-81(125)107-70(45-63-36-38-106-39-37-63)91(135)110-71(44-62-28-32-67(33-29-62)149-51-84(130)131)92(136)114-76(48-83(128)129)94(138)112-74(46-64-23-19-20-57(8)41-64)96(140)119-85(55(4)5)100(144)115-73(97(141)121-87)43-61-26-30-66(31-27-61)65-24-17-14-18-25-65/h14,17-20,23-33,36-39,41,54-56,58-60,68-79,85-87,123H,12-13,15-16,21-22,34-35,40,42-53,104H2,1-11H3,(H2,105,124)(H,107,125)(H,108,143)(H,109,132)(H,110,135)(H,111,137)(H,112,138)(H,113,134)(H,114,136)(H,115,144)(H,116,133)(H,117,145)(H,118,142)(H,119,140)(H,120,139)(H,121,141)(H,126,127)(H,128,129)(H,130,131)(H,147,148)/t58?,59-,68-,69+,70-,71-,72-,73-,74-,75-,76-,77-,78-,79?,85-,86-,87-/m0/s1. The molecule has 17 atom stereocenters. The lowest BCUT2D eigenvalue weighted by molar-refractivity contribution is -0.143. The predicted molar refractivity (Wildman–Crippen MR) is 547 cm³/mol. The fraction of sp³-hybridized carbons (Fsp3) is 0.515. The summed E-state index contributed by atoms with van der Waals surface area (Å²) < 4.78 is 5.33. The van der Waals surface area contributed by atoms with E-state index in [0.717, 1.165) is 22.4 Å². The van der Waals surface area contributed by atoms with Crippen molar-refractivity contribution in [2.24, 2.45) is 41.1 Å². The van der Waals surface area contributed by atoms with E-state index >= 15 is 38.4 Å². The van der Waals surface area contributed by atoms with E-state index in [1.54, 1.807) is 97.0 Å². The van der Waals surface area contributed by atoms with Crippen molar-refractivity contribution in [2.45, 2.75) is 269 Å². The first-order valence-electron chi connectivity index (χ1n) is 49.7. The van der Waals surface area contributed by atoms with Gasteiger partial charge in [0.1, 0.15) is 102 Å². The highest BCUT2D eigenvalue weighted by molar-refractivity contribution is 8.00. The number of primary amides is 1. The van der Waals surface area contributed by atoms with Crippen molar-refractivity contribution in [1.82, 2.24) is 89.6 Å². The van der Waals surface area contributed by atoms with Crippen LogP contribution in [0.25, 0.3) is 11.1 Å². The zero-order valence-electron chi connectivity index (χ0n) is 85.8. The third-order valence-corrected chi connectivity index (χ3v) is 26.5. The maximum absolute atomic E-state index is 15.5. The van der Waals surface area contributed by atoms with E-state index < -0.39 is 314 Å². The summed E-state index contributed by atoms with van der Waals surface area (Å²) in [5.74, 6) is -29.8. The number of aliphatic carboxylic acids is 4. The van der Waals surface area contributed by atoms with Gasteiger partial charge in [-0.15, -0.1) is 11.8 Å². The van der Waals surface area contributed by atoms with Crippen LogP contribution in [0.15, 0.2) is 128 Å². The number of nitrogens with two attached hydrogens (primary N) is 2. The number of nitrogens with one attached hydrogen (secondary N) is 15. The molecule has 1 aliphatic carbocycles. The highest BCUT2D eigenvalue weighted by Crippen LogP contribution is 2.29. The second kappa shape index (κ2) is 60.4. The van der Waals surface area contributed by atoms with Gasteiger partial charge in [0, 0.05) is 63.8 Å². The van der Waals surface area contributed by atoms with Gasteiger partial charge in [-0.1, -0.05) is 190 Å². The summed E-state index contributed by atoms with van der Waals surface area (Å²) in [7, 11) is 1.27. The number of hydrogen-bond acceptors (Lipinski definition) is 26. The summed E-state index contributed by atoms with van der Waals surface area (Å²) in [6.45, 7) is 13.1. The molecule has 816 valence electrons. The fourth-order valence-corrected chi connectivity index (χ4v) is 17.5. The molecule has 0 radical (unpaired) electrons. The number of carboxylic acid groups (broad SMARTS) is 4. The van der Waals surface area contributed by atoms with Crippen molar-refractivity contribution in [1.29, 1.82) is 0 Å². The molecule has 2 aliphatic rings. The van der Waals surface area contributed by atoms with Crippen molar-refractivity contribution < 1.29 is 131 Å². The minimum atomic E-state index is -2.15. The van der Waals surface area contributed by atoms with Gasteiger partial charge >= 0.3 is 23.9 Å². The van der Waals surface area contributed by atoms with Crippen LogP contribution in [0, 0.1) is 36.5 Å². The lowest BCUT2D eigenvalue weighted by Gasteiger charge is -2.33. The zero-order chi connectivity index (χ0) is 111. The predicted octanol–water partition coefficient (Wildman–Crippen LogP) is -0.718. The van der Waals surface area contributed by atoms with Gasteiger partial charge in [-0.3, -0.25) is 96.1 Å². The van der Waals surface area contributed by atoms with Gasteiger partial charge in [0.15, 0.2) is 6.61 Å². The number of pyridine rings is 1. The number of nitrogens with zero attached hydrogens (tertiary/aromatic N) is 2. The third-order valence-electron chi connectivity index (χ3n) is 25.5. The van der Waals surface area contributed by atoms with E-state index in [4.69, 9.17) is 16.2 Å². The molecule has 4 aromatic carbocycles. The average Bonchev–Trinajstić information content (AvgIpc) is 0.821. The average molecular weight is 2110 g/mol. The molecule has 47 heteroatoms. The molecule has 0 bridgehead atoms. The Labute approximate surface area is 872 Å². The van der Waals surface area contributed by atoms with Gasteiger partial charge in [0.2, 0.25) is 100 Å². The van der Waals surface area contributed by atoms with Crippen molar-refractivity contribution in [3.05, 3.63) is 155 Å². The van der Waals surface area contributed by atoms with Crippen LogP contribution in [0.1, 0.15) is 167 Å². The molecule has 150 heavy (non-hydrogen) atoms. The molecule has 46 nitrogen and oxygen atoms in total. The number of rotatable bonds is 34. The van der Waals surface area contributed by atoms with Gasteiger partial charge < -0.3 is 126 Å². The largest absolute Gasteiger partial charge is 0.482 e. The van der Waals surface area contributed by atoms with Gasteiger partial charge in [0.25, 0.3) is 0 Å². The van der Waals surface area contributed by atoms with E-state index in [2.05, 4.69) is 84.7 Å². The summed E-state index contributed by atoms with van der Waals surface area (Å²) >= 11 is 0.549. The van der Waals surface area contributed by atoms with Gasteiger partial charge in [-0.25, -0.2) is 9.59 Å². The highest BCUT2D eigenvalue weighted by atomic mass is 32.2. The van der Waals surface area contributed by atoms with E-state index in [1.165, 1.54) is 76.6 Å². The molecule has 5 aromatic rings. The number of benzene rings is 4. The number of likely N-dealkylation sites (N-methyl/N-ethyl adjacent to an activating group) is 1. The van der Waals surface area contributed by atoms with E-state index in [0.29, 0.717) is 59.7 Å². The lowest BCUT2D eigenvalue weighted by Crippen LogP contribution is -2.62. The van der Waals surface area contributed by atoms with Crippen molar-refractivity contribution in [3.8, 4) is 16.9 Å². The number of carbonyl (C=O) groups is 21. The Hall–Kier alpha value is -15.0. The number of aryl methyl sites for hydroxylation is 1. The quantitative estimate of drug-likeness (QED) is 0.0242. The molecular formula is C103H141N19O27S. The maximum Gasteiger partial charge on any atom is 0.341 e. The number of amides is 17. The molecular weight excluding hydrogens is 1970 g/mol. The first-order chi connectivity index (χ1) is 71.0. The summed E-state index contributed by atoms with van der Waals surface area (Å²) in [4.78, 5) is 307. The first kappa shape index (κ1) is 122. The third kappa shape index (κ3) is 39.9. The molecule has 2 fully saturated rings. The molecule has 7 rings (SSSR count). The molecule has 1 saturated heterocycles. The highest BCUT2D eigenvalue weighted by Gasteiger charge is 2.43. The Kier molecular flexibility index (Phi) is 49.1. The second-order valence-corrected chi connectivity index (χ2v) is 39.7. The van der Waals surface area contributed by atoms with Crippen LogP contribution in [-0.2, 0) is 126 Å². The van der Waals surface area contributed by atoms with Crippen molar-refractivity contribution in [2.75, 3.05) is 38.3 Å². The Morgan fingerprint density at radius 1 is 0.487 bits per heavy atom. The fourth-order valence-electron chi connectivity index (χ4n) is 16.7. The first-order valence-corrected chi connectivity index (χ1v) is 50.9. The van der Waals surface area contributed by atoms with Crippen LogP contribution < -0.4 is 96.0 Å². The molecule has 24 N–H and O–H groups in total. The number of aromatic nitrogens is 1. The number of thioether (sulfide) groups is 1. The smallest absolute Gasteiger partial charge is 0.341 e. The van der Waals surface area contributed by atoms with E-state index in [1.807, 2.05) is 30.3 Å². The minimum Gasteiger partial charge on any atom is -0.482 e. The van der Waals surface area contributed by atoms with Crippen LogP contribution in [0.4, 0.5) is 0 Å². The molecule has 1 saturated carbocycles. The monoisotopic (exact) mass is 2110 g/mol.